The van der Waals surface area contributed by atoms with Crippen LogP contribution >= 0.6 is 11.6 Å². The fourth-order valence-corrected chi connectivity index (χ4v) is 5.79. The minimum absolute atomic E-state index is 0.0774. The number of hydrogen-bond acceptors (Lipinski definition) is 6. The fraction of sp³-hybridized carbons (Fsp3) is 0.393. The number of aliphatic carboxylic acids is 1. The summed E-state index contributed by atoms with van der Waals surface area (Å²) in [7, 11) is 2.14. The monoisotopic (exact) mass is 521 g/mol. The van der Waals surface area contributed by atoms with Crippen molar-refractivity contribution < 1.29 is 14.3 Å². The van der Waals surface area contributed by atoms with Gasteiger partial charge in [0.1, 0.15) is 16.3 Å². The standard InChI is InChI=1S/C28H29ClFN5O2/c1-28(26(36)37)15-35(24-6-5-19(30)12-22(24)28)25-23(29)13-31-27(33-25)32-20-10-17(9-16-3-4-16)21-7-8-34(2)14-18(21)11-20/h5-6,10-13,16H,3-4,7-9,14-15H2,1-2H3,(H,36,37)(H,31,32,33). The van der Waals surface area contributed by atoms with E-state index in [4.69, 9.17) is 16.6 Å². The minimum atomic E-state index is -1.30. The summed E-state index contributed by atoms with van der Waals surface area (Å²) >= 11 is 6.53. The molecule has 2 aliphatic heterocycles. The van der Waals surface area contributed by atoms with Gasteiger partial charge in [-0.05, 0) is 98.2 Å². The maximum atomic E-state index is 14.1. The topological polar surface area (TPSA) is 81.6 Å². The number of hydrogen-bond donors (Lipinski definition) is 2. The number of anilines is 4. The smallest absolute Gasteiger partial charge is 0.315 e. The summed E-state index contributed by atoms with van der Waals surface area (Å²) in [5, 5.41) is 13.6. The molecule has 1 atom stereocenters. The molecule has 3 aromatic rings. The molecule has 1 fully saturated rings. The molecule has 2 N–H and O–H groups in total. The number of halogens is 2. The summed E-state index contributed by atoms with van der Waals surface area (Å²) in [6, 6.07) is 8.57. The van der Waals surface area contributed by atoms with Gasteiger partial charge in [0.15, 0.2) is 5.82 Å². The molecule has 0 spiro atoms. The Morgan fingerprint density at radius 1 is 1.30 bits per heavy atom. The molecule has 1 aliphatic carbocycles. The second kappa shape index (κ2) is 8.96. The molecule has 3 aliphatic rings. The third-order valence-electron chi connectivity index (χ3n) is 7.85. The van der Waals surface area contributed by atoms with Gasteiger partial charge in [0, 0.05) is 31.0 Å². The Labute approximate surface area is 220 Å². The summed E-state index contributed by atoms with van der Waals surface area (Å²) in [5.41, 5.74) is 4.80. The van der Waals surface area contributed by atoms with Crippen molar-refractivity contribution in [3.63, 3.8) is 0 Å². The highest BCUT2D eigenvalue weighted by Crippen LogP contribution is 2.46. The average molecular weight is 522 g/mol. The number of nitrogens with one attached hydrogen (secondary N) is 1. The first-order valence-electron chi connectivity index (χ1n) is 12.6. The van der Waals surface area contributed by atoms with E-state index in [0.717, 1.165) is 37.5 Å². The number of carboxylic acids is 1. The molecule has 2 aromatic carbocycles. The molecule has 0 saturated heterocycles. The van der Waals surface area contributed by atoms with Crippen LogP contribution in [0, 0.1) is 11.7 Å². The summed E-state index contributed by atoms with van der Waals surface area (Å²) < 4.78 is 14.1. The van der Waals surface area contributed by atoms with Crippen LogP contribution in [0.15, 0.2) is 36.5 Å². The van der Waals surface area contributed by atoms with Gasteiger partial charge in [0.05, 0.1) is 6.20 Å². The van der Waals surface area contributed by atoms with E-state index in [-0.39, 0.29) is 11.6 Å². The average Bonchev–Trinajstić information content (AvgIpc) is 3.62. The van der Waals surface area contributed by atoms with Crippen molar-refractivity contribution in [3.8, 4) is 0 Å². The maximum absolute atomic E-state index is 14.1. The molecule has 1 unspecified atom stereocenters. The summed E-state index contributed by atoms with van der Waals surface area (Å²) in [5.74, 6) is 0.0132. The molecular weight excluding hydrogens is 493 g/mol. The third-order valence-corrected chi connectivity index (χ3v) is 8.12. The Morgan fingerprint density at radius 2 is 2.11 bits per heavy atom. The van der Waals surface area contributed by atoms with Crippen molar-refractivity contribution in [2.45, 2.75) is 44.6 Å². The van der Waals surface area contributed by atoms with Gasteiger partial charge >= 0.3 is 5.97 Å². The number of aromatic nitrogens is 2. The molecule has 37 heavy (non-hydrogen) atoms. The molecule has 1 saturated carbocycles. The molecule has 9 heteroatoms. The Balaban J connectivity index is 1.35. The summed E-state index contributed by atoms with van der Waals surface area (Å²) in [6.45, 7) is 3.64. The number of fused-ring (bicyclic) bond motifs is 2. The SMILES string of the molecule is CN1CCc2c(CC3CC3)cc(Nc3ncc(Cl)c(N4CC(C)(C(=O)O)c5cc(F)ccc54)n3)cc2C1. The van der Waals surface area contributed by atoms with Crippen molar-refractivity contribution in [2.75, 3.05) is 30.4 Å². The van der Waals surface area contributed by atoms with E-state index >= 15 is 0 Å². The largest absolute Gasteiger partial charge is 0.481 e. The van der Waals surface area contributed by atoms with E-state index < -0.39 is 17.2 Å². The lowest BCUT2D eigenvalue weighted by atomic mass is 9.85. The number of carbonyl (C=O) groups is 1. The van der Waals surface area contributed by atoms with Crippen LogP contribution in [0.5, 0.6) is 0 Å². The Hall–Kier alpha value is -3.23. The Kier molecular flexibility index (Phi) is 5.84. The van der Waals surface area contributed by atoms with Crippen LogP contribution in [0.1, 0.15) is 42.0 Å². The summed E-state index contributed by atoms with van der Waals surface area (Å²) in [6.07, 6.45) is 6.28. The Morgan fingerprint density at radius 3 is 2.86 bits per heavy atom. The highest BCUT2D eigenvalue weighted by atomic mass is 35.5. The van der Waals surface area contributed by atoms with Crippen LogP contribution in [0.25, 0.3) is 0 Å². The van der Waals surface area contributed by atoms with Gasteiger partial charge in [-0.1, -0.05) is 11.6 Å². The zero-order valence-corrected chi connectivity index (χ0v) is 21.6. The van der Waals surface area contributed by atoms with E-state index in [9.17, 15) is 14.3 Å². The molecule has 0 radical (unpaired) electrons. The van der Waals surface area contributed by atoms with Crippen molar-refractivity contribution in [1.82, 2.24) is 14.9 Å². The van der Waals surface area contributed by atoms with Crippen molar-refractivity contribution in [2.24, 2.45) is 5.92 Å². The molecular formula is C28H29ClFN5O2. The van der Waals surface area contributed by atoms with Gasteiger partial charge in [0.2, 0.25) is 5.95 Å². The third kappa shape index (κ3) is 4.42. The second-order valence-electron chi connectivity index (χ2n) is 10.8. The maximum Gasteiger partial charge on any atom is 0.315 e. The van der Waals surface area contributed by atoms with Gasteiger partial charge in [-0.25, -0.2) is 9.37 Å². The number of nitrogens with zero attached hydrogens (tertiary/aromatic N) is 4. The zero-order valence-electron chi connectivity index (χ0n) is 20.9. The predicted octanol–water partition coefficient (Wildman–Crippen LogP) is 5.45. The highest BCUT2D eigenvalue weighted by molar-refractivity contribution is 6.33. The number of benzene rings is 2. The molecule has 3 heterocycles. The van der Waals surface area contributed by atoms with Gasteiger partial charge in [-0.3, -0.25) is 4.79 Å². The molecule has 6 rings (SSSR count). The molecule has 0 amide bonds. The lowest BCUT2D eigenvalue weighted by Crippen LogP contribution is -2.36. The van der Waals surface area contributed by atoms with Crippen LogP contribution < -0.4 is 10.2 Å². The second-order valence-corrected chi connectivity index (χ2v) is 11.2. The van der Waals surface area contributed by atoms with Gasteiger partial charge in [0.25, 0.3) is 0 Å². The molecule has 1 aromatic heterocycles. The van der Waals surface area contributed by atoms with Gasteiger partial charge in [-0.2, -0.15) is 4.98 Å². The first-order valence-corrected chi connectivity index (χ1v) is 13.0. The van der Waals surface area contributed by atoms with E-state index in [0.29, 0.717) is 23.0 Å². The van der Waals surface area contributed by atoms with Crippen LogP contribution in [-0.2, 0) is 29.6 Å². The van der Waals surface area contributed by atoms with Crippen LogP contribution in [0.3, 0.4) is 0 Å². The van der Waals surface area contributed by atoms with Crippen molar-refractivity contribution >= 4 is 40.7 Å². The Bertz CT molecular complexity index is 1410. The van der Waals surface area contributed by atoms with Gasteiger partial charge < -0.3 is 20.2 Å². The van der Waals surface area contributed by atoms with E-state index in [2.05, 4.69) is 34.4 Å². The first-order chi connectivity index (χ1) is 17.7. The van der Waals surface area contributed by atoms with Crippen LogP contribution in [0.4, 0.5) is 27.5 Å². The fourth-order valence-electron chi connectivity index (χ4n) is 5.60. The number of rotatable bonds is 6. The van der Waals surface area contributed by atoms with E-state index in [1.165, 1.54) is 47.9 Å². The normalized spacial score (nSPS) is 21.0. The van der Waals surface area contributed by atoms with E-state index in [1.54, 1.807) is 17.9 Å². The molecule has 192 valence electrons. The minimum Gasteiger partial charge on any atom is -0.481 e. The van der Waals surface area contributed by atoms with Crippen LogP contribution in [0.2, 0.25) is 5.02 Å². The van der Waals surface area contributed by atoms with Crippen molar-refractivity contribution in [1.29, 1.82) is 0 Å². The number of carboxylic acid groups (broad SMARTS) is 1. The zero-order chi connectivity index (χ0) is 25.9. The van der Waals surface area contributed by atoms with Crippen LogP contribution in [-0.4, -0.2) is 46.1 Å². The lowest BCUT2D eigenvalue weighted by molar-refractivity contribution is -0.142. The molecule has 7 nitrogen and oxygen atoms in total. The lowest BCUT2D eigenvalue weighted by Gasteiger charge is -2.28. The first kappa shape index (κ1) is 24.1. The van der Waals surface area contributed by atoms with Crippen molar-refractivity contribution in [3.05, 3.63) is 69.6 Å². The number of likely N-dealkylation sites (N-methyl/N-ethyl adjacent to an activating group) is 1. The van der Waals surface area contributed by atoms with Gasteiger partial charge in [-0.15, -0.1) is 0 Å². The molecule has 0 bridgehead atoms. The summed E-state index contributed by atoms with van der Waals surface area (Å²) in [4.78, 5) is 25.4. The van der Waals surface area contributed by atoms with E-state index in [1.807, 2.05) is 0 Å². The predicted molar refractivity (Wildman–Crippen MR) is 142 cm³/mol. The quantitative estimate of drug-likeness (QED) is 0.446. The highest BCUT2D eigenvalue weighted by Gasteiger charge is 2.46.